The van der Waals surface area contributed by atoms with E-state index in [1.165, 1.54) is 24.4 Å². The second-order valence-electron chi connectivity index (χ2n) is 4.33. The monoisotopic (exact) mass is 489 g/mol. The van der Waals surface area contributed by atoms with Gasteiger partial charge < -0.3 is 5.11 Å². The zero-order valence-electron chi connectivity index (χ0n) is 11.4. The number of hydrogen-bond acceptors (Lipinski definition) is 5. The van der Waals surface area contributed by atoms with Crippen molar-refractivity contribution in [2.75, 3.05) is 0 Å². The molecule has 0 saturated carbocycles. The predicted octanol–water partition coefficient (Wildman–Crippen LogP) is 3.43. The number of hydrazone groups is 1. The van der Waals surface area contributed by atoms with Crippen LogP contribution in [-0.2, 0) is 0 Å². The molecule has 2 aromatic rings. The number of nitro benzene ring substituents is 1. The Morgan fingerprint density at radius 3 is 2.83 bits per heavy atom. The number of nitrogens with zero attached hydrogens (tertiary/aromatic N) is 2. The summed E-state index contributed by atoms with van der Waals surface area (Å²) >= 11 is 5.26. The summed E-state index contributed by atoms with van der Waals surface area (Å²) in [4.78, 5) is 22.0. The molecular weight excluding hydrogens is 481 g/mol. The molecule has 0 aromatic heterocycles. The summed E-state index contributed by atoms with van der Waals surface area (Å²) in [5, 5.41) is 24.3. The molecule has 0 atom stereocenters. The van der Waals surface area contributed by atoms with Crippen molar-refractivity contribution in [1.29, 1.82) is 0 Å². The maximum atomic E-state index is 11.9. The minimum absolute atomic E-state index is 0.0437. The number of halogens is 2. The van der Waals surface area contributed by atoms with E-state index in [0.717, 1.165) is 10.5 Å². The van der Waals surface area contributed by atoms with E-state index < -0.39 is 10.8 Å². The van der Waals surface area contributed by atoms with Gasteiger partial charge in [0.05, 0.1) is 14.7 Å². The standard InChI is InChI=1S/C14H9BrIN3O4/c15-10-4-9(13(20)12(16)6-10)7-17-18-14(21)8-2-1-3-11(5-8)19(22)23/h1-7,20H,(H,18,21)/b17-7-. The van der Waals surface area contributed by atoms with Crippen LogP contribution in [0.2, 0.25) is 0 Å². The average molecular weight is 490 g/mol. The molecule has 0 heterocycles. The van der Waals surface area contributed by atoms with Gasteiger partial charge in [0.15, 0.2) is 0 Å². The number of nitro groups is 1. The Labute approximate surface area is 152 Å². The Morgan fingerprint density at radius 2 is 2.13 bits per heavy atom. The van der Waals surface area contributed by atoms with Gasteiger partial charge in [-0.3, -0.25) is 14.9 Å². The first-order valence-electron chi connectivity index (χ1n) is 6.14. The van der Waals surface area contributed by atoms with Crippen LogP contribution in [0.15, 0.2) is 46.0 Å². The van der Waals surface area contributed by atoms with E-state index in [0.29, 0.717) is 9.13 Å². The van der Waals surface area contributed by atoms with Crippen molar-refractivity contribution >= 4 is 56.3 Å². The minimum atomic E-state index is -0.589. The number of carbonyl (C=O) groups is 1. The van der Waals surface area contributed by atoms with Gasteiger partial charge in [-0.05, 0) is 40.8 Å². The topological polar surface area (TPSA) is 105 Å². The first-order valence-corrected chi connectivity index (χ1v) is 8.01. The average Bonchev–Trinajstić information content (AvgIpc) is 2.51. The Morgan fingerprint density at radius 1 is 1.39 bits per heavy atom. The van der Waals surface area contributed by atoms with Crippen LogP contribution >= 0.6 is 38.5 Å². The number of carbonyl (C=O) groups excluding carboxylic acids is 1. The van der Waals surface area contributed by atoms with Crippen molar-refractivity contribution in [1.82, 2.24) is 5.43 Å². The van der Waals surface area contributed by atoms with Crippen molar-refractivity contribution in [3.8, 4) is 5.75 Å². The Balaban J connectivity index is 2.13. The summed E-state index contributed by atoms with van der Waals surface area (Å²) in [6, 6.07) is 8.68. The molecule has 0 aliphatic carbocycles. The Bertz CT molecular complexity index is 811. The molecule has 2 rings (SSSR count). The van der Waals surface area contributed by atoms with Crippen LogP contribution in [0.5, 0.6) is 5.75 Å². The molecule has 0 bridgehead atoms. The molecule has 0 fully saturated rings. The Hall–Kier alpha value is -2.01. The summed E-state index contributed by atoms with van der Waals surface area (Å²) < 4.78 is 1.38. The Kier molecular flexibility index (Phi) is 5.66. The van der Waals surface area contributed by atoms with Gasteiger partial charge in [0, 0.05) is 27.7 Å². The summed E-state index contributed by atoms with van der Waals surface area (Å²) in [7, 11) is 0. The lowest BCUT2D eigenvalue weighted by molar-refractivity contribution is -0.384. The zero-order chi connectivity index (χ0) is 17.0. The van der Waals surface area contributed by atoms with Gasteiger partial charge in [-0.2, -0.15) is 5.10 Å². The number of hydrogen-bond donors (Lipinski definition) is 2. The lowest BCUT2D eigenvalue weighted by Gasteiger charge is -2.03. The van der Waals surface area contributed by atoms with Crippen LogP contribution in [0, 0.1) is 13.7 Å². The molecule has 118 valence electrons. The first kappa shape index (κ1) is 17.3. The molecule has 23 heavy (non-hydrogen) atoms. The van der Waals surface area contributed by atoms with E-state index in [4.69, 9.17) is 0 Å². The van der Waals surface area contributed by atoms with Gasteiger partial charge in [0.1, 0.15) is 5.75 Å². The molecule has 0 aliphatic rings. The molecular formula is C14H9BrIN3O4. The van der Waals surface area contributed by atoms with Gasteiger partial charge in [-0.25, -0.2) is 5.43 Å². The normalized spacial score (nSPS) is 10.7. The molecule has 0 aliphatic heterocycles. The lowest BCUT2D eigenvalue weighted by Crippen LogP contribution is -2.17. The number of aromatic hydroxyl groups is 1. The van der Waals surface area contributed by atoms with E-state index in [9.17, 15) is 20.0 Å². The van der Waals surface area contributed by atoms with Crippen molar-refractivity contribution in [2.24, 2.45) is 5.10 Å². The number of non-ortho nitro benzene ring substituents is 1. The van der Waals surface area contributed by atoms with Gasteiger partial charge in [-0.15, -0.1) is 0 Å². The predicted molar refractivity (Wildman–Crippen MR) is 96.7 cm³/mol. The third-order valence-corrected chi connectivity index (χ3v) is 4.03. The highest BCUT2D eigenvalue weighted by Crippen LogP contribution is 2.27. The molecule has 7 nitrogen and oxygen atoms in total. The second kappa shape index (κ2) is 7.51. The number of rotatable bonds is 4. The fourth-order valence-corrected chi connectivity index (χ4v) is 3.22. The number of amides is 1. The van der Waals surface area contributed by atoms with Crippen LogP contribution < -0.4 is 5.43 Å². The van der Waals surface area contributed by atoms with Crippen LogP contribution in [0.4, 0.5) is 5.69 Å². The van der Waals surface area contributed by atoms with Crippen LogP contribution in [0.25, 0.3) is 0 Å². The van der Waals surface area contributed by atoms with E-state index >= 15 is 0 Å². The van der Waals surface area contributed by atoms with Crippen LogP contribution in [0.1, 0.15) is 15.9 Å². The molecule has 1 amide bonds. The molecule has 2 aromatic carbocycles. The van der Waals surface area contributed by atoms with Crippen molar-refractivity contribution < 1.29 is 14.8 Å². The van der Waals surface area contributed by atoms with E-state index in [1.807, 2.05) is 22.6 Å². The molecule has 9 heteroatoms. The number of phenols is 1. The summed E-state index contributed by atoms with van der Waals surface area (Å²) in [6.45, 7) is 0. The zero-order valence-corrected chi connectivity index (χ0v) is 15.1. The SMILES string of the molecule is O=C(N/N=C\c1cc(Br)cc(I)c1O)c1cccc([N+](=O)[O-])c1. The van der Waals surface area contributed by atoms with Gasteiger partial charge in [0.25, 0.3) is 11.6 Å². The number of nitrogens with one attached hydrogen (secondary N) is 1. The van der Waals surface area contributed by atoms with Crippen molar-refractivity contribution in [3.05, 3.63) is 65.7 Å². The third kappa shape index (κ3) is 4.48. The largest absolute Gasteiger partial charge is 0.506 e. The summed E-state index contributed by atoms with van der Waals surface area (Å²) in [5.74, 6) is -0.545. The fourth-order valence-electron chi connectivity index (χ4n) is 1.67. The second-order valence-corrected chi connectivity index (χ2v) is 6.41. The number of benzene rings is 2. The maximum Gasteiger partial charge on any atom is 0.271 e. The first-order chi connectivity index (χ1) is 10.9. The van der Waals surface area contributed by atoms with E-state index in [-0.39, 0.29) is 17.0 Å². The van der Waals surface area contributed by atoms with Gasteiger partial charge in [0.2, 0.25) is 0 Å². The van der Waals surface area contributed by atoms with E-state index in [1.54, 1.807) is 12.1 Å². The highest BCUT2D eigenvalue weighted by molar-refractivity contribution is 14.1. The highest BCUT2D eigenvalue weighted by Gasteiger charge is 2.11. The smallest absolute Gasteiger partial charge is 0.271 e. The quantitative estimate of drug-likeness (QED) is 0.297. The molecule has 2 N–H and O–H groups in total. The van der Waals surface area contributed by atoms with Crippen LogP contribution in [-0.4, -0.2) is 22.2 Å². The van der Waals surface area contributed by atoms with E-state index in [2.05, 4.69) is 26.5 Å². The highest BCUT2D eigenvalue weighted by atomic mass is 127. The third-order valence-electron chi connectivity index (χ3n) is 2.75. The fraction of sp³-hybridized carbons (Fsp3) is 0. The lowest BCUT2D eigenvalue weighted by atomic mass is 10.2. The van der Waals surface area contributed by atoms with Crippen molar-refractivity contribution in [3.63, 3.8) is 0 Å². The van der Waals surface area contributed by atoms with Crippen molar-refractivity contribution in [2.45, 2.75) is 0 Å². The molecule has 0 unspecified atom stereocenters. The van der Waals surface area contributed by atoms with Crippen LogP contribution in [0.3, 0.4) is 0 Å². The number of phenolic OH excluding ortho intramolecular Hbond substituents is 1. The maximum absolute atomic E-state index is 11.9. The molecule has 0 spiro atoms. The van der Waals surface area contributed by atoms with Gasteiger partial charge >= 0.3 is 0 Å². The molecule has 0 radical (unpaired) electrons. The molecule has 0 saturated heterocycles. The van der Waals surface area contributed by atoms with Gasteiger partial charge in [-0.1, -0.05) is 22.0 Å². The minimum Gasteiger partial charge on any atom is -0.506 e. The summed E-state index contributed by atoms with van der Waals surface area (Å²) in [6.07, 6.45) is 1.29. The summed E-state index contributed by atoms with van der Waals surface area (Å²) in [5.41, 5.74) is 2.61.